The normalized spacial score (nSPS) is 10.7. The Kier molecular flexibility index (Phi) is 3.14. The monoisotopic (exact) mass is 167 g/mol. The fraction of sp³-hybridized carbons (Fsp3) is 0.111. The molecule has 0 aromatic heterocycles. The molecule has 2 heteroatoms. The van der Waals surface area contributed by atoms with Crippen LogP contribution in [0, 0.1) is 0 Å². The van der Waals surface area contributed by atoms with Gasteiger partial charge in [-0.15, -0.1) is 0 Å². The number of hydrogen-bond donors (Lipinski definition) is 1. The fourth-order valence-electron chi connectivity index (χ4n) is 0.814. The van der Waals surface area contributed by atoms with E-state index in [1.165, 1.54) is 0 Å². The van der Waals surface area contributed by atoms with Gasteiger partial charge in [0.1, 0.15) is 0 Å². The molecule has 1 aromatic carbocycles. The topological polar surface area (TPSA) is 26.0 Å². The van der Waals surface area contributed by atoms with Crippen LogP contribution in [0.1, 0.15) is 5.56 Å². The van der Waals surface area contributed by atoms with Gasteiger partial charge in [0.05, 0.1) is 0 Å². The smallest absolute Gasteiger partial charge is 0.0411 e. The lowest BCUT2D eigenvalue weighted by Crippen LogP contribution is -1.91. The van der Waals surface area contributed by atoms with E-state index >= 15 is 0 Å². The molecule has 1 rings (SSSR count). The van der Waals surface area contributed by atoms with Crippen molar-refractivity contribution in [2.45, 2.75) is 0 Å². The highest BCUT2D eigenvalue weighted by Gasteiger charge is 1.86. The summed E-state index contributed by atoms with van der Waals surface area (Å²) in [5.74, 6) is 0. The van der Waals surface area contributed by atoms with Crippen LogP contribution in [0.3, 0.4) is 0 Å². The van der Waals surface area contributed by atoms with Crippen LogP contribution in [0.2, 0.25) is 5.02 Å². The molecule has 0 spiro atoms. The zero-order valence-corrected chi connectivity index (χ0v) is 6.88. The van der Waals surface area contributed by atoms with E-state index in [0.717, 1.165) is 10.6 Å². The highest BCUT2D eigenvalue weighted by atomic mass is 35.5. The third-order valence-corrected chi connectivity index (χ3v) is 1.53. The van der Waals surface area contributed by atoms with Gasteiger partial charge in [-0.05, 0) is 17.7 Å². The number of nitrogens with two attached hydrogens (primary N) is 1. The van der Waals surface area contributed by atoms with Crippen molar-refractivity contribution in [1.82, 2.24) is 0 Å². The van der Waals surface area contributed by atoms with Crippen molar-refractivity contribution >= 4 is 17.7 Å². The Hall–Kier alpha value is -0.790. The minimum atomic E-state index is 0.562. The van der Waals surface area contributed by atoms with E-state index in [1.807, 2.05) is 36.4 Å². The minimum Gasteiger partial charge on any atom is -0.327 e. The van der Waals surface area contributed by atoms with Crippen LogP contribution in [0.4, 0.5) is 0 Å². The Balaban J connectivity index is 2.79. The van der Waals surface area contributed by atoms with Crippen LogP contribution < -0.4 is 5.73 Å². The van der Waals surface area contributed by atoms with Gasteiger partial charge in [0.2, 0.25) is 0 Å². The van der Waals surface area contributed by atoms with Crippen molar-refractivity contribution in [3.05, 3.63) is 40.9 Å². The van der Waals surface area contributed by atoms with Crippen molar-refractivity contribution in [2.24, 2.45) is 5.73 Å². The molecule has 58 valence electrons. The molecule has 0 atom stereocenters. The van der Waals surface area contributed by atoms with E-state index in [9.17, 15) is 0 Å². The van der Waals surface area contributed by atoms with Gasteiger partial charge in [-0.3, -0.25) is 0 Å². The van der Waals surface area contributed by atoms with E-state index < -0.39 is 0 Å². The largest absolute Gasteiger partial charge is 0.327 e. The molecule has 0 radical (unpaired) electrons. The van der Waals surface area contributed by atoms with Crippen LogP contribution in [0.25, 0.3) is 6.08 Å². The Morgan fingerprint density at radius 2 is 2.27 bits per heavy atom. The Labute approximate surface area is 71.5 Å². The standard InChI is InChI=1S/C9H10ClN/c10-9-5-1-3-8(7-9)4-2-6-11/h1-5,7H,6,11H2/b4-2+. The second-order valence-corrected chi connectivity index (χ2v) is 2.63. The molecule has 0 bridgehead atoms. The molecule has 0 amide bonds. The molecule has 0 heterocycles. The highest BCUT2D eigenvalue weighted by molar-refractivity contribution is 6.30. The van der Waals surface area contributed by atoms with Crippen molar-refractivity contribution < 1.29 is 0 Å². The molecule has 11 heavy (non-hydrogen) atoms. The first-order valence-corrected chi connectivity index (χ1v) is 3.83. The van der Waals surface area contributed by atoms with E-state index in [2.05, 4.69) is 0 Å². The number of hydrogen-bond acceptors (Lipinski definition) is 1. The lowest BCUT2D eigenvalue weighted by Gasteiger charge is -1.92. The Morgan fingerprint density at radius 1 is 1.45 bits per heavy atom. The van der Waals surface area contributed by atoms with E-state index in [4.69, 9.17) is 17.3 Å². The lowest BCUT2D eigenvalue weighted by atomic mass is 10.2. The maximum Gasteiger partial charge on any atom is 0.0411 e. The highest BCUT2D eigenvalue weighted by Crippen LogP contribution is 2.11. The molecular weight excluding hydrogens is 158 g/mol. The summed E-state index contributed by atoms with van der Waals surface area (Å²) < 4.78 is 0. The molecule has 1 aromatic rings. The summed E-state index contributed by atoms with van der Waals surface area (Å²) in [6.07, 6.45) is 3.84. The van der Waals surface area contributed by atoms with Crippen LogP contribution in [-0.2, 0) is 0 Å². The maximum atomic E-state index is 5.76. The summed E-state index contributed by atoms with van der Waals surface area (Å²) in [4.78, 5) is 0. The van der Waals surface area contributed by atoms with Crippen LogP contribution in [0.5, 0.6) is 0 Å². The molecule has 0 aliphatic heterocycles. The molecule has 1 nitrogen and oxygen atoms in total. The average Bonchev–Trinajstić information content (AvgIpc) is 2.01. The van der Waals surface area contributed by atoms with E-state index in [-0.39, 0.29) is 0 Å². The Bertz CT molecular complexity index is 255. The SMILES string of the molecule is NC/C=C/c1cccc(Cl)c1. The summed E-state index contributed by atoms with van der Waals surface area (Å²) in [5, 5.41) is 0.754. The van der Waals surface area contributed by atoms with Crippen molar-refractivity contribution in [3.63, 3.8) is 0 Å². The van der Waals surface area contributed by atoms with Crippen molar-refractivity contribution in [1.29, 1.82) is 0 Å². The zero-order valence-electron chi connectivity index (χ0n) is 6.13. The van der Waals surface area contributed by atoms with Gasteiger partial charge in [-0.2, -0.15) is 0 Å². The van der Waals surface area contributed by atoms with Gasteiger partial charge >= 0.3 is 0 Å². The summed E-state index contributed by atoms with van der Waals surface area (Å²) in [7, 11) is 0. The van der Waals surface area contributed by atoms with E-state index in [0.29, 0.717) is 6.54 Å². The van der Waals surface area contributed by atoms with Gasteiger partial charge in [-0.1, -0.05) is 35.9 Å². The predicted octanol–water partition coefficient (Wildman–Crippen LogP) is 2.31. The van der Waals surface area contributed by atoms with Crippen molar-refractivity contribution in [2.75, 3.05) is 6.54 Å². The van der Waals surface area contributed by atoms with Crippen LogP contribution in [-0.4, -0.2) is 6.54 Å². The van der Waals surface area contributed by atoms with Crippen LogP contribution in [0.15, 0.2) is 30.3 Å². The quantitative estimate of drug-likeness (QED) is 0.719. The number of benzene rings is 1. The lowest BCUT2D eigenvalue weighted by molar-refractivity contribution is 1.26. The summed E-state index contributed by atoms with van der Waals surface area (Å²) in [5.41, 5.74) is 6.38. The number of rotatable bonds is 2. The van der Waals surface area contributed by atoms with Gasteiger partial charge in [0, 0.05) is 11.6 Å². The zero-order chi connectivity index (χ0) is 8.10. The third-order valence-electron chi connectivity index (χ3n) is 1.30. The minimum absolute atomic E-state index is 0.562. The molecule has 0 saturated heterocycles. The second-order valence-electron chi connectivity index (χ2n) is 2.19. The Morgan fingerprint density at radius 3 is 2.91 bits per heavy atom. The van der Waals surface area contributed by atoms with Gasteiger partial charge in [0.25, 0.3) is 0 Å². The molecule has 2 N–H and O–H groups in total. The van der Waals surface area contributed by atoms with Gasteiger partial charge in [-0.25, -0.2) is 0 Å². The maximum absolute atomic E-state index is 5.76. The predicted molar refractivity (Wildman–Crippen MR) is 49.5 cm³/mol. The van der Waals surface area contributed by atoms with Crippen molar-refractivity contribution in [3.8, 4) is 0 Å². The van der Waals surface area contributed by atoms with Gasteiger partial charge < -0.3 is 5.73 Å². The average molecular weight is 168 g/mol. The van der Waals surface area contributed by atoms with Gasteiger partial charge in [0.15, 0.2) is 0 Å². The second kappa shape index (κ2) is 4.16. The molecule has 0 unspecified atom stereocenters. The molecule has 0 aliphatic carbocycles. The summed E-state index contributed by atoms with van der Waals surface area (Å²) in [6, 6.07) is 7.64. The van der Waals surface area contributed by atoms with E-state index in [1.54, 1.807) is 0 Å². The first kappa shape index (κ1) is 8.31. The summed E-state index contributed by atoms with van der Waals surface area (Å²) >= 11 is 5.76. The first-order valence-electron chi connectivity index (χ1n) is 3.45. The number of halogens is 1. The summed E-state index contributed by atoms with van der Waals surface area (Å²) in [6.45, 7) is 0.562. The molecule has 0 aliphatic rings. The third kappa shape index (κ3) is 2.74. The molecular formula is C9H10ClN. The molecule has 0 fully saturated rings. The van der Waals surface area contributed by atoms with Crippen LogP contribution >= 0.6 is 11.6 Å². The first-order chi connectivity index (χ1) is 5.33. The fourth-order valence-corrected chi connectivity index (χ4v) is 1.01. The molecule has 0 saturated carbocycles.